The van der Waals surface area contributed by atoms with Crippen molar-refractivity contribution in [3.8, 4) is 0 Å². The van der Waals surface area contributed by atoms with Crippen LogP contribution in [0.1, 0.15) is 23.6 Å². The Hall–Kier alpha value is -2.71. The Morgan fingerprint density at radius 1 is 1.24 bits per heavy atom. The highest BCUT2D eigenvalue weighted by atomic mass is 32.2. The number of hydrogen-bond acceptors (Lipinski definition) is 4. The second-order valence-corrected chi connectivity index (χ2v) is 7.87. The topological polar surface area (TPSA) is 102 Å². The fourth-order valence-electron chi connectivity index (χ4n) is 2.97. The average Bonchev–Trinajstić information content (AvgIpc) is 3.16. The molecule has 0 unspecified atom stereocenters. The molecule has 4 rings (SSSR count). The average molecular weight is 354 g/mol. The third-order valence-corrected chi connectivity index (χ3v) is 4.82. The van der Waals surface area contributed by atoms with Crippen molar-refractivity contribution < 1.29 is 8.42 Å². The minimum atomic E-state index is -3.23. The van der Waals surface area contributed by atoms with Gasteiger partial charge in [0.25, 0.3) is 0 Å². The minimum Gasteiger partial charge on any atom is -0.277 e. The van der Waals surface area contributed by atoms with Crippen molar-refractivity contribution in [3.63, 3.8) is 0 Å². The second-order valence-electron chi connectivity index (χ2n) is 6.04. The first-order valence-electron chi connectivity index (χ1n) is 7.71. The molecule has 25 heavy (non-hydrogen) atoms. The lowest BCUT2D eigenvalue weighted by Gasteiger charge is -2.07. The van der Waals surface area contributed by atoms with Crippen LogP contribution in [0.5, 0.6) is 0 Å². The van der Waals surface area contributed by atoms with Crippen LogP contribution in [0.15, 0.2) is 36.7 Å². The van der Waals surface area contributed by atoms with Gasteiger partial charge in [-0.25, -0.2) is 23.4 Å². The third-order valence-electron chi connectivity index (χ3n) is 4.16. The maximum atomic E-state index is 11.3. The van der Waals surface area contributed by atoms with Crippen LogP contribution >= 0.6 is 0 Å². The maximum absolute atomic E-state index is 11.3. The van der Waals surface area contributed by atoms with Crippen LogP contribution in [0.4, 0.5) is 5.82 Å². The van der Waals surface area contributed by atoms with E-state index in [-0.39, 0.29) is 6.54 Å². The molecule has 0 saturated carbocycles. The number of aromatic nitrogens is 3. The van der Waals surface area contributed by atoms with Crippen LogP contribution in [0, 0.1) is 0 Å². The Labute approximate surface area is 145 Å². The maximum Gasteiger partial charge on any atom is 0.209 e. The van der Waals surface area contributed by atoms with Crippen molar-refractivity contribution in [2.24, 2.45) is 0 Å². The number of hydrogen-bond donors (Lipinski definition) is 2. The zero-order valence-corrected chi connectivity index (χ0v) is 14.6. The van der Waals surface area contributed by atoms with E-state index in [1.807, 2.05) is 31.2 Å². The van der Waals surface area contributed by atoms with E-state index < -0.39 is 10.0 Å². The summed E-state index contributed by atoms with van der Waals surface area (Å²) in [5.74, 6) is 0.670. The number of rotatable bonds is 4. The summed E-state index contributed by atoms with van der Waals surface area (Å²) in [6, 6.07) is 7.68. The number of benzene rings is 1. The van der Waals surface area contributed by atoms with Gasteiger partial charge in [0.05, 0.1) is 29.2 Å². The Bertz CT molecular complexity index is 1120. The molecule has 1 aromatic carbocycles. The molecule has 3 aromatic rings. The van der Waals surface area contributed by atoms with Gasteiger partial charge in [-0.05, 0) is 24.1 Å². The standard InChI is InChI=1S/C17H16N5O2S/c1-10-14-16-13(9-19-22-16)8-18-17(14)21-15(10)12-5-3-4-11(6-12)7-20-25(2,23)24/h3-6,8-9,20H,7H2,1-2H3,(H,19,22). The molecular weight excluding hydrogens is 338 g/mol. The number of aromatic amines is 1. The Kier molecular flexibility index (Phi) is 3.59. The zero-order valence-electron chi connectivity index (χ0n) is 13.7. The summed E-state index contributed by atoms with van der Waals surface area (Å²) in [7, 11) is -3.23. The minimum absolute atomic E-state index is 0.245. The van der Waals surface area contributed by atoms with Gasteiger partial charge >= 0.3 is 0 Å². The van der Waals surface area contributed by atoms with Gasteiger partial charge in [-0.15, -0.1) is 0 Å². The lowest BCUT2D eigenvalue weighted by atomic mass is 10.0. The molecule has 2 N–H and O–H groups in total. The van der Waals surface area contributed by atoms with Crippen LogP contribution < -0.4 is 10.0 Å². The van der Waals surface area contributed by atoms with Gasteiger partial charge in [0.1, 0.15) is 0 Å². The normalized spacial score (nSPS) is 14.0. The summed E-state index contributed by atoms with van der Waals surface area (Å²) in [4.78, 5) is 4.42. The molecular formula is C17H16N5O2S. The lowest BCUT2D eigenvalue weighted by molar-refractivity contribution is 0.587. The van der Waals surface area contributed by atoms with Crippen molar-refractivity contribution in [3.05, 3.63) is 53.3 Å². The van der Waals surface area contributed by atoms with E-state index in [2.05, 4.69) is 25.2 Å². The fourth-order valence-corrected chi connectivity index (χ4v) is 3.40. The summed E-state index contributed by atoms with van der Waals surface area (Å²) in [6.45, 7) is 2.25. The van der Waals surface area contributed by atoms with Gasteiger partial charge in [0.2, 0.25) is 10.0 Å². The first-order valence-corrected chi connectivity index (χ1v) is 9.60. The zero-order chi connectivity index (χ0) is 17.6. The first kappa shape index (κ1) is 15.8. The predicted molar refractivity (Wildman–Crippen MR) is 96.3 cm³/mol. The molecule has 0 atom stereocenters. The number of nitrogens with zero attached hydrogens (tertiary/aromatic N) is 3. The largest absolute Gasteiger partial charge is 0.277 e. The van der Waals surface area contributed by atoms with Crippen molar-refractivity contribution in [2.45, 2.75) is 13.5 Å². The molecule has 1 aliphatic heterocycles. The van der Waals surface area contributed by atoms with Gasteiger partial charge in [-0.1, -0.05) is 18.2 Å². The summed E-state index contributed by atoms with van der Waals surface area (Å²) in [5, 5.41) is 12.7. The fraction of sp³-hybridized carbons (Fsp3) is 0.176. The van der Waals surface area contributed by atoms with Crippen LogP contribution in [0.3, 0.4) is 0 Å². The van der Waals surface area contributed by atoms with Gasteiger partial charge in [0.15, 0.2) is 5.82 Å². The summed E-state index contributed by atoms with van der Waals surface area (Å²) in [6.07, 6.45) is 4.64. The number of nitrogens with one attached hydrogen (secondary N) is 2. The molecule has 3 heterocycles. The second kappa shape index (κ2) is 5.68. The van der Waals surface area contributed by atoms with E-state index in [0.29, 0.717) is 5.82 Å². The van der Waals surface area contributed by atoms with Crippen LogP contribution in [-0.2, 0) is 16.6 Å². The van der Waals surface area contributed by atoms with Crippen molar-refractivity contribution in [1.29, 1.82) is 0 Å². The molecule has 2 aromatic heterocycles. The molecule has 0 spiro atoms. The lowest BCUT2D eigenvalue weighted by Crippen LogP contribution is -2.21. The van der Waals surface area contributed by atoms with E-state index in [9.17, 15) is 8.42 Å². The Morgan fingerprint density at radius 2 is 2.08 bits per heavy atom. The smallest absolute Gasteiger partial charge is 0.209 e. The number of pyridine rings is 1. The Balaban J connectivity index is 1.73. The van der Waals surface area contributed by atoms with Gasteiger partial charge in [-0.2, -0.15) is 5.10 Å². The first-order chi connectivity index (χ1) is 11.9. The van der Waals surface area contributed by atoms with Gasteiger partial charge in [-0.3, -0.25) is 5.10 Å². The number of sulfonamides is 1. The highest BCUT2D eigenvalue weighted by Gasteiger charge is 2.25. The molecule has 8 heteroatoms. The molecule has 7 nitrogen and oxygen atoms in total. The number of allylic oxidation sites excluding steroid dienone is 1. The van der Waals surface area contributed by atoms with Crippen LogP contribution in [-0.4, -0.2) is 29.9 Å². The predicted octanol–water partition coefficient (Wildman–Crippen LogP) is 2.14. The molecule has 0 aliphatic carbocycles. The quantitative estimate of drug-likeness (QED) is 0.749. The van der Waals surface area contributed by atoms with E-state index in [0.717, 1.165) is 45.1 Å². The monoisotopic (exact) mass is 354 g/mol. The highest BCUT2D eigenvalue weighted by Crippen LogP contribution is 2.40. The van der Waals surface area contributed by atoms with Crippen LogP contribution in [0.25, 0.3) is 22.2 Å². The Morgan fingerprint density at radius 3 is 2.88 bits per heavy atom. The third kappa shape index (κ3) is 2.90. The summed E-state index contributed by atoms with van der Waals surface area (Å²) >= 11 is 0. The van der Waals surface area contributed by atoms with Gasteiger partial charge in [0, 0.05) is 23.7 Å². The highest BCUT2D eigenvalue weighted by molar-refractivity contribution is 7.88. The number of H-pyrrole nitrogens is 1. The SMILES string of the molecule is CC1=C(c2cccc(CNS(C)(=O)=O)c2)[N]c2ncc3cn[nH]c3c21. The molecule has 127 valence electrons. The van der Waals surface area contributed by atoms with Crippen molar-refractivity contribution >= 4 is 38.0 Å². The molecule has 1 radical (unpaired) electrons. The molecule has 0 amide bonds. The molecule has 0 bridgehead atoms. The van der Waals surface area contributed by atoms with Crippen molar-refractivity contribution in [2.75, 3.05) is 6.26 Å². The van der Waals surface area contributed by atoms with E-state index in [4.69, 9.17) is 0 Å². The van der Waals surface area contributed by atoms with Crippen molar-refractivity contribution in [1.82, 2.24) is 25.2 Å². The van der Waals surface area contributed by atoms with Gasteiger partial charge < -0.3 is 0 Å². The van der Waals surface area contributed by atoms with Crippen LogP contribution in [0.2, 0.25) is 0 Å². The molecule has 0 saturated heterocycles. The number of fused-ring (bicyclic) bond motifs is 3. The van der Waals surface area contributed by atoms with E-state index >= 15 is 0 Å². The molecule has 0 fully saturated rings. The van der Waals surface area contributed by atoms with E-state index in [1.165, 1.54) is 0 Å². The molecule has 1 aliphatic rings. The summed E-state index contributed by atoms with van der Waals surface area (Å²) < 4.78 is 25.1. The summed E-state index contributed by atoms with van der Waals surface area (Å²) in [5.41, 5.74) is 5.54. The van der Waals surface area contributed by atoms with E-state index in [1.54, 1.807) is 12.4 Å².